The van der Waals surface area contributed by atoms with E-state index in [0.29, 0.717) is 5.56 Å². The highest BCUT2D eigenvalue weighted by molar-refractivity contribution is 8.01. The number of hydrogen-bond acceptors (Lipinski definition) is 7. The van der Waals surface area contributed by atoms with Crippen LogP contribution in [0.15, 0.2) is 54.6 Å². The second-order valence-electron chi connectivity index (χ2n) is 9.02. The zero-order valence-electron chi connectivity index (χ0n) is 19.8. The van der Waals surface area contributed by atoms with E-state index in [1.165, 1.54) is 41.8 Å². The highest BCUT2D eigenvalue weighted by Gasteiger charge is 2.64. The molecule has 4 atom stereocenters. The zero-order valence-corrected chi connectivity index (χ0v) is 20.6. The van der Waals surface area contributed by atoms with Gasteiger partial charge < -0.3 is 25.4 Å². The van der Waals surface area contributed by atoms with Crippen molar-refractivity contribution in [3.8, 4) is 5.75 Å². The Balaban J connectivity index is 1.53. The number of rotatable bonds is 7. The number of thioether (sulfide) groups is 1. The molecule has 1 unspecified atom stereocenters. The maximum Gasteiger partial charge on any atom is 0.327 e. The quantitative estimate of drug-likeness (QED) is 0.290. The maximum atomic E-state index is 13.3. The van der Waals surface area contributed by atoms with Crippen molar-refractivity contribution < 1.29 is 33.8 Å². The van der Waals surface area contributed by atoms with Crippen molar-refractivity contribution in [3.05, 3.63) is 65.7 Å². The number of hydrogen-bond donors (Lipinski definition) is 3. The minimum absolute atomic E-state index is 0.172. The van der Waals surface area contributed by atoms with E-state index in [1.807, 2.05) is 0 Å². The molecule has 0 aliphatic carbocycles. The van der Waals surface area contributed by atoms with Gasteiger partial charge in [0.25, 0.3) is 5.91 Å². The van der Waals surface area contributed by atoms with Crippen LogP contribution in [0.3, 0.4) is 0 Å². The fourth-order valence-corrected chi connectivity index (χ4v) is 6.03. The Kier molecular flexibility index (Phi) is 6.77. The van der Waals surface area contributed by atoms with Crippen LogP contribution in [0, 0.1) is 0 Å². The molecule has 2 aliphatic heterocycles. The molecule has 2 aromatic rings. The van der Waals surface area contributed by atoms with Gasteiger partial charge in [0.05, 0.1) is 0 Å². The molecule has 2 heterocycles. The number of nitrogens with one attached hydrogen (secondary N) is 2. The predicted molar refractivity (Wildman–Crippen MR) is 130 cm³/mol. The third kappa shape index (κ3) is 4.78. The topological polar surface area (TPSA) is 142 Å². The van der Waals surface area contributed by atoms with E-state index in [2.05, 4.69) is 10.6 Å². The Morgan fingerprint density at radius 3 is 2.42 bits per heavy atom. The largest absolute Gasteiger partial charge is 0.480 e. The summed E-state index contributed by atoms with van der Waals surface area (Å²) in [5.74, 6) is -3.13. The smallest absolute Gasteiger partial charge is 0.327 e. The number of carboxylic acids is 1. The molecule has 0 aromatic heterocycles. The molecule has 0 saturated carbocycles. The fraction of sp³-hybridized carbons (Fsp3) is 0.320. The van der Waals surface area contributed by atoms with Gasteiger partial charge in [0.1, 0.15) is 29.2 Å². The molecule has 36 heavy (non-hydrogen) atoms. The first-order valence-corrected chi connectivity index (χ1v) is 12.0. The summed E-state index contributed by atoms with van der Waals surface area (Å²) in [6.07, 6.45) is 0. The number of amides is 3. The molecule has 2 saturated heterocycles. The third-order valence-corrected chi connectivity index (χ3v) is 7.57. The minimum atomic E-state index is -1.13. The van der Waals surface area contributed by atoms with E-state index < -0.39 is 57.9 Å². The van der Waals surface area contributed by atoms with Crippen molar-refractivity contribution in [1.29, 1.82) is 0 Å². The first kappa shape index (κ1) is 25.2. The Hall–Kier alpha value is -3.86. The van der Waals surface area contributed by atoms with Crippen LogP contribution in [0.25, 0.3) is 0 Å². The summed E-state index contributed by atoms with van der Waals surface area (Å²) >= 11 is 1.31. The molecule has 0 bridgehead atoms. The van der Waals surface area contributed by atoms with E-state index >= 15 is 0 Å². The number of carbonyl (C=O) groups excluding carboxylic acids is 4. The Morgan fingerprint density at radius 1 is 1.08 bits per heavy atom. The van der Waals surface area contributed by atoms with Gasteiger partial charge in [-0.2, -0.15) is 0 Å². The number of β-lactam (4-membered cyclic amide) rings is 1. The Bertz CT molecular complexity index is 1230. The van der Waals surface area contributed by atoms with Crippen LogP contribution in [-0.2, 0) is 19.2 Å². The Labute approximate surface area is 211 Å². The van der Waals surface area contributed by atoms with E-state index in [0.717, 1.165) is 0 Å². The number of ether oxygens (including phenoxy) is 1. The molecule has 0 radical (unpaired) electrons. The lowest BCUT2D eigenvalue weighted by Gasteiger charge is -2.44. The van der Waals surface area contributed by atoms with Crippen molar-refractivity contribution in [2.75, 3.05) is 0 Å². The normalized spacial score (nSPS) is 22.6. The number of esters is 1. The van der Waals surface area contributed by atoms with Gasteiger partial charge in [-0.05, 0) is 37.6 Å². The van der Waals surface area contributed by atoms with Crippen LogP contribution >= 0.6 is 11.8 Å². The van der Waals surface area contributed by atoms with Gasteiger partial charge in [-0.3, -0.25) is 19.2 Å². The Morgan fingerprint density at radius 2 is 1.78 bits per heavy atom. The standard InChI is InChI=1S/C25H25N3O7S/c1-13(29)35-16-11-7-10-15(12-16)20(30)26-17(14-8-5-4-6-9-14)21(31)27-18-22(32)28-19(24(33)34)25(2,3)36-23(18)28/h4-12,17-19,23H,1-3H3,(H,26,30)(H,27,31)(H,33,34)/t17?,18-,19+,23-/m1/s1. The summed E-state index contributed by atoms with van der Waals surface area (Å²) in [6, 6.07) is 11.5. The molecule has 10 nitrogen and oxygen atoms in total. The molecular formula is C25H25N3O7S. The second-order valence-corrected chi connectivity index (χ2v) is 10.8. The average molecular weight is 512 g/mol. The van der Waals surface area contributed by atoms with Crippen LogP contribution in [-0.4, -0.2) is 61.9 Å². The monoisotopic (exact) mass is 511 g/mol. The van der Waals surface area contributed by atoms with Gasteiger partial charge in [0, 0.05) is 17.2 Å². The lowest BCUT2D eigenvalue weighted by Crippen LogP contribution is -2.71. The maximum absolute atomic E-state index is 13.3. The van der Waals surface area contributed by atoms with Crippen molar-refractivity contribution in [2.24, 2.45) is 0 Å². The van der Waals surface area contributed by atoms with Crippen molar-refractivity contribution in [3.63, 3.8) is 0 Å². The van der Waals surface area contributed by atoms with Gasteiger partial charge in [-0.1, -0.05) is 36.4 Å². The average Bonchev–Trinajstić information content (AvgIpc) is 3.08. The zero-order chi connectivity index (χ0) is 26.2. The van der Waals surface area contributed by atoms with E-state index in [9.17, 15) is 29.1 Å². The number of nitrogens with zero attached hydrogens (tertiary/aromatic N) is 1. The lowest BCUT2D eigenvalue weighted by atomic mass is 9.95. The minimum Gasteiger partial charge on any atom is -0.480 e. The van der Waals surface area contributed by atoms with Crippen molar-refractivity contribution in [1.82, 2.24) is 15.5 Å². The molecule has 2 aromatic carbocycles. The summed E-state index contributed by atoms with van der Waals surface area (Å²) in [4.78, 5) is 63.5. The first-order valence-electron chi connectivity index (χ1n) is 11.2. The van der Waals surface area contributed by atoms with Crippen LogP contribution in [0.4, 0.5) is 0 Å². The third-order valence-electron chi connectivity index (χ3n) is 6.00. The molecule has 4 rings (SSSR count). The second kappa shape index (κ2) is 9.65. The highest BCUT2D eigenvalue weighted by atomic mass is 32.2. The van der Waals surface area contributed by atoms with Gasteiger partial charge in [-0.25, -0.2) is 4.79 Å². The molecule has 11 heteroatoms. The molecular weight excluding hydrogens is 486 g/mol. The number of aliphatic carboxylic acids is 1. The molecule has 188 valence electrons. The summed E-state index contributed by atoms with van der Waals surface area (Å²) in [5.41, 5.74) is 0.664. The van der Waals surface area contributed by atoms with Crippen molar-refractivity contribution in [2.45, 2.75) is 49.0 Å². The molecule has 0 spiro atoms. The number of fused-ring (bicyclic) bond motifs is 1. The summed E-state index contributed by atoms with van der Waals surface area (Å²) in [6.45, 7) is 4.74. The van der Waals surface area contributed by atoms with Gasteiger partial charge in [0.2, 0.25) is 11.8 Å². The predicted octanol–water partition coefficient (Wildman–Crippen LogP) is 1.71. The SMILES string of the molecule is CC(=O)Oc1cccc(C(=O)NC(C(=O)N[C@@H]2C(=O)N3[C@@H]2SC(C)(C)[C@@H]3C(=O)O)c2ccccc2)c1. The fourth-order valence-electron chi connectivity index (χ4n) is 4.41. The van der Waals surface area contributed by atoms with Gasteiger partial charge in [-0.15, -0.1) is 11.8 Å². The van der Waals surface area contributed by atoms with E-state index in [1.54, 1.807) is 50.2 Å². The number of carboxylic acid groups (broad SMARTS) is 1. The van der Waals surface area contributed by atoms with Crippen LogP contribution in [0.2, 0.25) is 0 Å². The number of carbonyl (C=O) groups is 5. The van der Waals surface area contributed by atoms with Crippen molar-refractivity contribution >= 4 is 41.4 Å². The van der Waals surface area contributed by atoms with Gasteiger partial charge in [0.15, 0.2) is 0 Å². The molecule has 3 N–H and O–H groups in total. The summed E-state index contributed by atoms with van der Waals surface area (Å²) in [5, 5.41) is 14.5. The number of benzene rings is 2. The summed E-state index contributed by atoms with van der Waals surface area (Å²) < 4.78 is 4.30. The summed E-state index contributed by atoms with van der Waals surface area (Å²) in [7, 11) is 0. The molecule has 3 amide bonds. The van der Waals surface area contributed by atoms with Gasteiger partial charge >= 0.3 is 11.9 Å². The lowest BCUT2D eigenvalue weighted by molar-refractivity contribution is -0.161. The van der Waals surface area contributed by atoms with Crippen LogP contribution in [0.1, 0.15) is 42.7 Å². The van der Waals surface area contributed by atoms with Crippen LogP contribution < -0.4 is 15.4 Å². The van der Waals surface area contributed by atoms with E-state index in [-0.39, 0.29) is 11.3 Å². The highest BCUT2D eigenvalue weighted by Crippen LogP contribution is 2.50. The van der Waals surface area contributed by atoms with E-state index in [4.69, 9.17) is 4.74 Å². The molecule has 2 aliphatic rings. The van der Waals surface area contributed by atoms with Crippen LogP contribution in [0.5, 0.6) is 5.75 Å². The molecule has 2 fully saturated rings. The first-order chi connectivity index (χ1) is 17.0.